The molecule has 0 saturated carbocycles. The topological polar surface area (TPSA) is 62.2 Å². The third kappa shape index (κ3) is 3.39. The predicted octanol–water partition coefficient (Wildman–Crippen LogP) is 2.31. The molecule has 0 saturated heterocycles. The SMILES string of the molecule is Cc1ccc(C(=O)C(O)Nc2ccc(C)cn2)cc1. The summed E-state index contributed by atoms with van der Waals surface area (Å²) in [5, 5.41) is 12.5. The van der Waals surface area contributed by atoms with Gasteiger partial charge in [0.05, 0.1) is 0 Å². The first-order valence-electron chi connectivity index (χ1n) is 6.04. The molecule has 98 valence electrons. The highest BCUT2D eigenvalue weighted by molar-refractivity contribution is 6.00. The third-order valence-corrected chi connectivity index (χ3v) is 2.78. The molecule has 4 nitrogen and oxygen atoms in total. The number of benzene rings is 1. The van der Waals surface area contributed by atoms with Crippen molar-refractivity contribution in [3.63, 3.8) is 0 Å². The molecule has 0 aliphatic carbocycles. The molecule has 0 aliphatic heterocycles. The number of rotatable bonds is 4. The zero-order chi connectivity index (χ0) is 13.8. The first-order valence-corrected chi connectivity index (χ1v) is 6.04. The van der Waals surface area contributed by atoms with E-state index in [-0.39, 0.29) is 5.78 Å². The first kappa shape index (κ1) is 13.2. The molecule has 0 fully saturated rings. The van der Waals surface area contributed by atoms with Gasteiger partial charge in [0.1, 0.15) is 5.82 Å². The number of aromatic nitrogens is 1. The van der Waals surface area contributed by atoms with Crippen molar-refractivity contribution >= 4 is 11.6 Å². The number of hydrogen-bond acceptors (Lipinski definition) is 4. The van der Waals surface area contributed by atoms with Crippen molar-refractivity contribution in [1.82, 2.24) is 4.98 Å². The zero-order valence-corrected chi connectivity index (χ0v) is 10.9. The molecule has 1 heterocycles. The van der Waals surface area contributed by atoms with Crippen LogP contribution in [-0.2, 0) is 0 Å². The Kier molecular flexibility index (Phi) is 3.92. The Morgan fingerprint density at radius 1 is 1.11 bits per heavy atom. The summed E-state index contributed by atoms with van der Waals surface area (Å²) in [6.07, 6.45) is 0.378. The summed E-state index contributed by atoms with van der Waals surface area (Å²) in [6.45, 7) is 3.86. The number of ketones is 1. The lowest BCUT2D eigenvalue weighted by molar-refractivity contribution is 0.0793. The second-order valence-corrected chi connectivity index (χ2v) is 4.50. The Bertz CT molecular complexity index is 562. The molecule has 19 heavy (non-hydrogen) atoms. The lowest BCUT2D eigenvalue weighted by Gasteiger charge is -2.12. The van der Waals surface area contributed by atoms with Crippen LogP contribution in [0.25, 0.3) is 0 Å². The maximum absolute atomic E-state index is 12.0. The summed E-state index contributed by atoms with van der Waals surface area (Å²) in [5.74, 6) is 0.0981. The minimum absolute atomic E-state index is 0.373. The number of aliphatic hydroxyl groups excluding tert-OH is 1. The number of carbonyl (C=O) groups excluding carboxylic acids is 1. The number of nitrogens with zero attached hydrogens (tertiary/aromatic N) is 1. The maximum Gasteiger partial charge on any atom is 0.211 e. The molecule has 0 bridgehead atoms. The fourth-order valence-electron chi connectivity index (χ4n) is 1.63. The Balaban J connectivity index is 2.07. The highest BCUT2D eigenvalue weighted by atomic mass is 16.3. The van der Waals surface area contributed by atoms with Gasteiger partial charge in [-0.05, 0) is 25.5 Å². The fourth-order valence-corrected chi connectivity index (χ4v) is 1.63. The van der Waals surface area contributed by atoms with Crippen LogP contribution in [0.2, 0.25) is 0 Å². The summed E-state index contributed by atoms with van der Waals surface area (Å²) in [4.78, 5) is 16.1. The molecule has 0 spiro atoms. The van der Waals surface area contributed by atoms with Crippen molar-refractivity contribution in [3.8, 4) is 0 Å². The molecule has 1 aromatic heterocycles. The van der Waals surface area contributed by atoms with E-state index in [1.54, 1.807) is 24.4 Å². The van der Waals surface area contributed by atoms with Gasteiger partial charge in [0.15, 0.2) is 6.23 Å². The number of aryl methyl sites for hydroxylation is 2. The van der Waals surface area contributed by atoms with Crippen LogP contribution in [0.1, 0.15) is 21.5 Å². The van der Waals surface area contributed by atoms with E-state index >= 15 is 0 Å². The van der Waals surface area contributed by atoms with Crippen LogP contribution >= 0.6 is 0 Å². The van der Waals surface area contributed by atoms with Crippen LogP contribution in [0.15, 0.2) is 42.6 Å². The molecule has 2 aromatic rings. The highest BCUT2D eigenvalue weighted by Crippen LogP contribution is 2.09. The van der Waals surface area contributed by atoms with Crippen LogP contribution in [0.4, 0.5) is 5.82 Å². The maximum atomic E-state index is 12.0. The molecule has 2 N–H and O–H groups in total. The van der Waals surface area contributed by atoms with Gasteiger partial charge in [0, 0.05) is 11.8 Å². The monoisotopic (exact) mass is 256 g/mol. The van der Waals surface area contributed by atoms with Gasteiger partial charge < -0.3 is 10.4 Å². The van der Waals surface area contributed by atoms with E-state index in [4.69, 9.17) is 0 Å². The minimum atomic E-state index is -1.29. The molecular formula is C15H16N2O2. The van der Waals surface area contributed by atoms with Crippen molar-refractivity contribution in [2.75, 3.05) is 5.32 Å². The van der Waals surface area contributed by atoms with Gasteiger partial charge in [0.25, 0.3) is 0 Å². The van der Waals surface area contributed by atoms with Gasteiger partial charge in [-0.15, -0.1) is 0 Å². The van der Waals surface area contributed by atoms with Crippen LogP contribution < -0.4 is 5.32 Å². The molecule has 1 atom stereocenters. The van der Waals surface area contributed by atoms with Gasteiger partial charge in [0.2, 0.25) is 5.78 Å². The van der Waals surface area contributed by atoms with E-state index in [0.29, 0.717) is 11.4 Å². The van der Waals surface area contributed by atoms with E-state index in [1.807, 2.05) is 32.0 Å². The molecule has 4 heteroatoms. The summed E-state index contributed by atoms with van der Waals surface area (Å²) >= 11 is 0. The van der Waals surface area contributed by atoms with E-state index in [9.17, 15) is 9.90 Å². The predicted molar refractivity (Wildman–Crippen MR) is 74.1 cm³/mol. The standard InChI is InChI=1S/C15H16N2O2/c1-10-3-6-12(7-4-10)14(18)15(19)17-13-8-5-11(2)9-16-13/h3-9,15,19H,1-2H3,(H,16,17). The largest absolute Gasteiger partial charge is 0.367 e. The number of anilines is 1. The van der Waals surface area contributed by atoms with Gasteiger partial charge in [-0.1, -0.05) is 35.9 Å². The molecule has 0 radical (unpaired) electrons. The van der Waals surface area contributed by atoms with Gasteiger partial charge in [-0.2, -0.15) is 0 Å². The number of carbonyl (C=O) groups is 1. The fraction of sp³-hybridized carbons (Fsp3) is 0.200. The quantitative estimate of drug-likeness (QED) is 0.651. The second kappa shape index (κ2) is 5.63. The molecule has 2 rings (SSSR count). The van der Waals surface area contributed by atoms with Gasteiger partial charge >= 0.3 is 0 Å². The lowest BCUT2D eigenvalue weighted by atomic mass is 10.1. The smallest absolute Gasteiger partial charge is 0.211 e. The average molecular weight is 256 g/mol. The molecular weight excluding hydrogens is 240 g/mol. The Labute approximate surface area is 112 Å². The second-order valence-electron chi connectivity index (χ2n) is 4.50. The van der Waals surface area contributed by atoms with Crippen LogP contribution in [-0.4, -0.2) is 22.1 Å². The summed E-state index contributed by atoms with van der Waals surface area (Å²) in [5.41, 5.74) is 2.56. The van der Waals surface area contributed by atoms with Crippen molar-refractivity contribution in [3.05, 3.63) is 59.3 Å². The van der Waals surface area contributed by atoms with Crippen LogP contribution in [0.5, 0.6) is 0 Å². The number of pyridine rings is 1. The number of hydrogen-bond donors (Lipinski definition) is 2. The van der Waals surface area contributed by atoms with E-state index in [0.717, 1.165) is 11.1 Å². The van der Waals surface area contributed by atoms with Crippen molar-refractivity contribution in [2.24, 2.45) is 0 Å². The van der Waals surface area contributed by atoms with E-state index < -0.39 is 6.23 Å². The zero-order valence-electron chi connectivity index (χ0n) is 10.9. The summed E-state index contributed by atoms with van der Waals surface area (Å²) < 4.78 is 0. The van der Waals surface area contributed by atoms with Crippen LogP contribution in [0.3, 0.4) is 0 Å². The Morgan fingerprint density at radius 3 is 2.32 bits per heavy atom. The number of Topliss-reactive ketones (excluding diaryl/α,β-unsaturated/α-hetero) is 1. The van der Waals surface area contributed by atoms with Crippen molar-refractivity contribution < 1.29 is 9.90 Å². The normalized spacial score (nSPS) is 11.9. The summed E-state index contributed by atoms with van der Waals surface area (Å²) in [6, 6.07) is 10.7. The minimum Gasteiger partial charge on any atom is -0.367 e. The summed E-state index contributed by atoms with van der Waals surface area (Å²) in [7, 11) is 0. The van der Waals surface area contributed by atoms with E-state index in [1.165, 1.54) is 0 Å². The highest BCUT2D eigenvalue weighted by Gasteiger charge is 2.16. The Hall–Kier alpha value is -2.20. The van der Waals surface area contributed by atoms with Gasteiger partial charge in [-0.3, -0.25) is 4.79 Å². The molecule has 0 amide bonds. The average Bonchev–Trinajstić information content (AvgIpc) is 2.41. The first-order chi connectivity index (χ1) is 9.06. The van der Waals surface area contributed by atoms with Gasteiger partial charge in [-0.25, -0.2) is 4.98 Å². The number of nitrogens with one attached hydrogen (secondary N) is 1. The van der Waals surface area contributed by atoms with Crippen molar-refractivity contribution in [2.45, 2.75) is 20.1 Å². The third-order valence-electron chi connectivity index (χ3n) is 2.78. The van der Waals surface area contributed by atoms with Crippen LogP contribution in [0, 0.1) is 13.8 Å². The molecule has 0 aliphatic rings. The molecule has 1 aromatic carbocycles. The molecule has 1 unspecified atom stereocenters. The lowest BCUT2D eigenvalue weighted by Crippen LogP contribution is -2.29. The van der Waals surface area contributed by atoms with E-state index in [2.05, 4.69) is 10.3 Å². The Morgan fingerprint density at radius 2 is 1.74 bits per heavy atom. The number of aliphatic hydroxyl groups is 1. The van der Waals surface area contributed by atoms with Crippen molar-refractivity contribution in [1.29, 1.82) is 0 Å².